The van der Waals surface area contributed by atoms with Crippen LogP contribution in [0.2, 0.25) is 0 Å². The van der Waals surface area contributed by atoms with Gasteiger partial charge in [0.05, 0.1) is 12.2 Å². The van der Waals surface area contributed by atoms with Crippen molar-refractivity contribution in [3.8, 4) is 0 Å². The highest BCUT2D eigenvalue weighted by Gasteiger charge is 2.44. The second-order valence-electron chi connectivity index (χ2n) is 5.66. The largest absolute Gasteiger partial charge is 0.423 e. The van der Waals surface area contributed by atoms with Crippen LogP contribution in [0.25, 0.3) is 0 Å². The molecule has 1 heterocycles. The molecule has 3 heteroatoms. The van der Waals surface area contributed by atoms with Crippen LogP contribution in [0, 0.1) is 11.3 Å². The number of aliphatic hydroxyl groups excluding tert-OH is 1. The fraction of sp³-hybridized carbons (Fsp3) is 0.533. The van der Waals surface area contributed by atoms with Crippen LogP contribution >= 0.6 is 0 Å². The summed E-state index contributed by atoms with van der Waals surface area (Å²) in [4.78, 5) is 11.7. The molecule has 0 aromatic rings. The molecule has 3 aliphatic rings. The van der Waals surface area contributed by atoms with Crippen LogP contribution in [0.15, 0.2) is 34.6 Å². The normalized spacial score (nSPS) is 34.6. The first-order chi connectivity index (χ1) is 8.56. The highest BCUT2D eigenvalue weighted by atomic mass is 16.5. The number of hydrogen-bond donors (Lipinski definition) is 1. The van der Waals surface area contributed by atoms with Gasteiger partial charge in [0.15, 0.2) is 0 Å². The molecule has 0 unspecified atom stereocenters. The average Bonchev–Trinajstić information content (AvgIpc) is 2.62. The van der Waals surface area contributed by atoms with E-state index in [4.69, 9.17) is 4.74 Å². The number of ether oxygens (including phenoxy) is 1. The molecule has 2 atom stereocenters. The van der Waals surface area contributed by atoms with Crippen LogP contribution in [-0.4, -0.2) is 17.7 Å². The molecule has 1 aliphatic heterocycles. The molecule has 18 heavy (non-hydrogen) atoms. The molecule has 0 fully saturated rings. The molecule has 2 aliphatic carbocycles. The molecule has 0 amide bonds. The summed E-state index contributed by atoms with van der Waals surface area (Å²) in [5, 5.41) is 9.29. The Morgan fingerprint density at radius 3 is 3.06 bits per heavy atom. The maximum Gasteiger partial charge on any atom is 0.342 e. The van der Waals surface area contributed by atoms with Gasteiger partial charge in [-0.1, -0.05) is 18.6 Å². The van der Waals surface area contributed by atoms with Crippen LogP contribution in [-0.2, 0) is 9.53 Å². The van der Waals surface area contributed by atoms with Gasteiger partial charge in [-0.2, -0.15) is 0 Å². The van der Waals surface area contributed by atoms with Crippen molar-refractivity contribution in [3.63, 3.8) is 0 Å². The Morgan fingerprint density at radius 1 is 1.56 bits per heavy atom. The van der Waals surface area contributed by atoms with Gasteiger partial charge in [-0.05, 0) is 38.2 Å². The number of carbonyl (C=O) groups is 1. The Hall–Kier alpha value is -1.35. The van der Waals surface area contributed by atoms with Gasteiger partial charge in [0.1, 0.15) is 5.76 Å². The second kappa shape index (κ2) is 3.82. The average molecular weight is 246 g/mol. The highest BCUT2D eigenvalue weighted by molar-refractivity contribution is 5.95. The molecule has 0 radical (unpaired) electrons. The first kappa shape index (κ1) is 11.7. The van der Waals surface area contributed by atoms with Crippen molar-refractivity contribution < 1.29 is 14.6 Å². The number of fused-ring (bicyclic) bond motifs is 2. The number of hydrogen-bond acceptors (Lipinski definition) is 3. The number of carbonyl (C=O) groups excluding carboxylic acids is 1. The van der Waals surface area contributed by atoms with E-state index < -0.39 is 0 Å². The van der Waals surface area contributed by atoms with E-state index in [9.17, 15) is 9.90 Å². The molecular weight excluding hydrogens is 228 g/mol. The van der Waals surface area contributed by atoms with E-state index >= 15 is 0 Å². The summed E-state index contributed by atoms with van der Waals surface area (Å²) in [6.07, 6.45) is 7.45. The standard InChI is InChI=1S/C15H18O3/c1-9-4-3-5-10-6-11-12(8-16)14(17)18-13(11)7-15(9,10)2/h4,7,10,16H,3,5-6,8H2,1-2H3/t10-,15+/m0/s1. The summed E-state index contributed by atoms with van der Waals surface area (Å²) in [6.45, 7) is 4.16. The maximum atomic E-state index is 11.7. The van der Waals surface area contributed by atoms with E-state index in [1.54, 1.807) is 0 Å². The van der Waals surface area contributed by atoms with Crippen molar-refractivity contribution >= 4 is 5.97 Å². The molecule has 3 nitrogen and oxygen atoms in total. The van der Waals surface area contributed by atoms with Crippen LogP contribution in [0.3, 0.4) is 0 Å². The van der Waals surface area contributed by atoms with Crippen molar-refractivity contribution in [2.45, 2.75) is 33.1 Å². The predicted molar refractivity (Wildman–Crippen MR) is 67.5 cm³/mol. The van der Waals surface area contributed by atoms with E-state index in [0.29, 0.717) is 17.3 Å². The lowest BCUT2D eigenvalue weighted by molar-refractivity contribution is -0.133. The molecule has 0 saturated heterocycles. The minimum Gasteiger partial charge on any atom is -0.423 e. The number of esters is 1. The van der Waals surface area contributed by atoms with Crippen molar-refractivity contribution in [1.82, 2.24) is 0 Å². The van der Waals surface area contributed by atoms with Gasteiger partial charge in [0.25, 0.3) is 0 Å². The first-order valence-corrected chi connectivity index (χ1v) is 6.52. The lowest BCUT2D eigenvalue weighted by Crippen LogP contribution is -2.33. The molecule has 0 spiro atoms. The number of aliphatic hydroxyl groups is 1. The third-order valence-corrected chi connectivity index (χ3v) is 4.81. The number of rotatable bonds is 1. The summed E-state index contributed by atoms with van der Waals surface area (Å²) < 4.78 is 5.29. The van der Waals surface area contributed by atoms with Crippen molar-refractivity contribution in [3.05, 3.63) is 34.6 Å². The lowest BCUT2D eigenvalue weighted by Gasteiger charge is -2.42. The molecule has 1 N–H and O–H groups in total. The summed E-state index contributed by atoms with van der Waals surface area (Å²) >= 11 is 0. The lowest BCUT2D eigenvalue weighted by atomic mass is 9.61. The van der Waals surface area contributed by atoms with Gasteiger partial charge < -0.3 is 9.84 Å². The smallest absolute Gasteiger partial charge is 0.342 e. The van der Waals surface area contributed by atoms with Crippen LogP contribution in [0.1, 0.15) is 33.1 Å². The molecule has 0 aromatic heterocycles. The summed E-state index contributed by atoms with van der Waals surface area (Å²) in [5.41, 5.74) is 2.75. The zero-order valence-corrected chi connectivity index (χ0v) is 10.8. The predicted octanol–water partition coefficient (Wildman–Crippen LogP) is 2.48. The van der Waals surface area contributed by atoms with Crippen LogP contribution < -0.4 is 0 Å². The minimum absolute atomic E-state index is 0.00225. The fourth-order valence-corrected chi connectivity index (χ4v) is 3.40. The third kappa shape index (κ3) is 1.43. The maximum absolute atomic E-state index is 11.7. The fourth-order valence-electron chi connectivity index (χ4n) is 3.40. The summed E-state index contributed by atoms with van der Waals surface area (Å²) in [5.74, 6) is 0.817. The van der Waals surface area contributed by atoms with Gasteiger partial charge in [-0.15, -0.1) is 0 Å². The summed E-state index contributed by atoms with van der Waals surface area (Å²) in [6, 6.07) is 0. The quantitative estimate of drug-likeness (QED) is 0.571. The van der Waals surface area contributed by atoms with E-state index in [2.05, 4.69) is 26.0 Å². The monoisotopic (exact) mass is 246 g/mol. The number of allylic oxidation sites excluding steroid dienone is 4. The summed E-state index contributed by atoms with van der Waals surface area (Å²) in [7, 11) is 0. The molecule has 0 aromatic carbocycles. The topological polar surface area (TPSA) is 46.5 Å². The van der Waals surface area contributed by atoms with Gasteiger partial charge >= 0.3 is 5.97 Å². The SMILES string of the molecule is CC1=CCC[C@H]2CC3=C(CO)C(=O)OC3=C[C@]12C. The zero-order chi connectivity index (χ0) is 12.9. The van der Waals surface area contributed by atoms with E-state index in [1.165, 1.54) is 5.57 Å². The minimum atomic E-state index is -0.373. The van der Waals surface area contributed by atoms with Gasteiger partial charge in [-0.25, -0.2) is 4.79 Å². The molecule has 3 rings (SSSR count). The van der Waals surface area contributed by atoms with Gasteiger partial charge in [-0.3, -0.25) is 0 Å². The van der Waals surface area contributed by atoms with E-state index in [-0.39, 0.29) is 18.0 Å². The highest BCUT2D eigenvalue weighted by Crippen LogP contribution is 2.52. The van der Waals surface area contributed by atoms with Crippen LogP contribution in [0.4, 0.5) is 0 Å². The molecule has 96 valence electrons. The van der Waals surface area contributed by atoms with E-state index in [1.807, 2.05) is 0 Å². The Kier molecular flexibility index (Phi) is 2.49. The Bertz CT molecular complexity index is 510. The molecule has 0 saturated carbocycles. The van der Waals surface area contributed by atoms with Crippen molar-refractivity contribution in [2.75, 3.05) is 6.61 Å². The van der Waals surface area contributed by atoms with Crippen molar-refractivity contribution in [2.24, 2.45) is 11.3 Å². The molecular formula is C15H18O3. The van der Waals surface area contributed by atoms with E-state index in [0.717, 1.165) is 24.8 Å². The van der Waals surface area contributed by atoms with Crippen LogP contribution in [0.5, 0.6) is 0 Å². The third-order valence-electron chi connectivity index (χ3n) is 4.81. The zero-order valence-electron chi connectivity index (χ0n) is 10.8. The van der Waals surface area contributed by atoms with Gasteiger partial charge in [0, 0.05) is 11.0 Å². The molecule has 0 bridgehead atoms. The Morgan fingerprint density at radius 2 is 2.33 bits per heavy atom. The second-order valence-corrected chi connectivity index (χ2v) is 5.66. The Balaban J connectivity index is 2.11. The van der Waals surface area contributed by atoms with Crippen molar-refractivity contribution in [1.29, 1.82) is 0 Å². The first-order valence-electron chi connectivity index (χ1n) is 6.52. The van der Waals surface area contributed by atoms with Gasteiger partial charge in [0.2, 0.25) is 0 Å². The Labute approximate surface area is 107 Å².